The summed E-state index contributed by atoms with van der Waals surface area (Å²) >= 11 is 2.17. The fourth-order valence-electron chi connectivity index (χ4n) is 1.99. The molecular weight excluding hydrogens is 318 g/mol. The van der Waals surface area contributed by atoms with E-state index in [0.29, 0.717) is 6.04 Å². The van der Waals surface area contributed by atoms with Crippen molar-refractivity contribution in [3.63, 3.8) is 0 Å². The minimum absolute atomic E-state index is 0.169. The Morgan fingerprint density at radius 3 is 3.00 bits per heavy atom. The number of hydrogen-bond donors (Lipinski definition) is 2. The van der Waals surface area contributed by atoms with Gasteiger partial charge in [-0.1, -0.05) is 0 Å². The predicted molar refractivity (Wildman–Crippen MR) is 73.2 cm³/mol. The van der Waals surface area contributed by atoms with Crippen molar-refractivity contribution in [2.75, 3.05) is 18.4 Å². The zero-order valence-electron chi connectivity index (χ0n) is 9.10. The van der Waals surface area contributed by atoms with Crippen LogP contribution in [0, 0.1) is 9.39 Å². The number of rotatable bonds is 2. The molecule has 2 rings (SSSR count). The first-order valence-corrected chi connectivity index (χ1v) is 6.76. The first-order valence-electron chi connectivity index (χ1n) is 5.68. The zero-order chi connectivity index (χ0) is 11.4. The van der Waals surface area contributed by atoms with Crippen molar-refractivity contribution in [3.8, 4) is 0 Å². The third-order valence-corrected chi connectivity index (χ3v) is 3.76. The summed E-state index contributed by atoms with van der Waals surface area (Å²) < 4.78 is 13.9. The molecule has 1 aromatic rings. The smallest absolute Gasteiger partial charge is 0.124 e. The highest BCUT2D eigenvalue weighted by atomic mass is 127. The number of halogens is 2. The fraction of sp³-hybridized carbons (Fsp3) is 0.500. The van der Waals surface area contributed by atoms with Crippen molar-refractivity contribution in [1.29, 1.82) is 0 Å². The lowest BCUT2D eigenvalue weighted by Gasteiger charge is -2.18. The Morgan fingerprint density at radius 2 is 2.19 bits per heavy atom. The Kier molecular flexibility index (Phi) is 4.40. The second kappa shape index (κ2) is 5.82. The van der Waals surface area contributed by atoms with Crippen molar-refractivity contribution < 1.29 is 4.39 Å². The summed E-state index contributed by atoms with van der Waals surface area (Å²) in [6.45, 7) is 2.17. The van der Waals surface area contributed by atoms with Gasteiger partial charge in [0.1, 0.15) is 5.82 Å². The van der Waals surface area contributed by atoms with Gasteiger partial charge >= 0.3 is 0 Å². The average molecular weight is 334 g/mol. The van der Waals surface area contributed by atoms with E-state index in [1.54, 1.807) is 6.07 Å². The minimum atomic E-state index is -0.169. The maximum Gasteiger partial charge on any atom is 0.124 e. The lowest BCUT2D eigenvalue weighted by molar-refractivity contribution is 0.623. The summed E-state index contributed by atoms with van der Waals surface area (Å²) in [6, 6.07) is 5.42. The van der Waals surface area contributed by atoms with Crippen LogP contribution in [0.2, 0.25) is 0 Å². The normalized spacial score (nSPS) is 21.5. The van der Waals surface area contributed by atoms with Crippen LogP contribution in [0.3, 0.4) is 0 Å². The fourth-order valence-corrected chi connectivity index (χ4v) is 2.62. The standard InChI is InChI=1S/C12H16FIN2/c13-9-3-4-12(11(14)8-9)16-10-2-1-6-15-7-5-10/h3-4,8,10,15-16H,1-2,5-7H2. The molecule has 1 aromatic carbocycles. The van der Waals surface area contributed by atoms with Gasteiger partial charge in [0.15, 0.2) is 0 Å². The molecule has 1 fully saturated rings. The van der Waals surface area contributed by atoms with Gasteiger partial charge in [-0.05, 0) is 73.1 Å². The van der Waals surface area contributed by atoms with Crippen molar-refractivity contribution in [3.05, 3.63) is 27.6 Å². The molecule has 16 heavy (non-hydrogen) atoms. The molecule has 0 saturated carbocycles. The van der Waals surface area contributed by atoms with Gasteiger partial charge in [0.05, 0.1) is 0 Å². The molecule has 1 atom stereocenters. The molecule has 0 amide bonds. The largest absolute Gasteiger partial charge is 0.381 e. The van der Waals surface area contributed by atoms with Crippen molar-refractivity contribution in [2.24, 2.45) is 0 Å². The van der Waals surface area contributed by atoms with Gasteiger partial charge in [-0.25, -0.2) is 4.39 Å². The molecule has 0 radical (unpaired) electrons. The minimum Gasteiger partial charge on any atom is -0.381 e. The van der Waals surface area contributed by atoms with E-state index in [1.807, 2.05) is 6.07 Å². The third-order valence-electron chi connectivity index (χ3n) is 2.87. The summed E-state index contributed by atoms with van der Waals surface area (Å²) in [6.07, 6.45) is 3.52. The molecule has 0 aromatic heterocycles. The quantitative estimate of drug-likeness (QED) is 0.813. The van der Waals surface area contributed by atoms with Gasteiger partial charge in [0.2, 0.25) is 0 Å². The molecule has 1 aliphatic rings. The van der Waals surface area contributed by atoms with Crippen LogP contribution in [0.5, 0.6) is 0 Å². The Balaban J connectivity index is 2.01. The molecule has 1 aliphatic heterocycles. The topological polar surface area (TPSA) is 24.1 Å². The van der Waals surface area contributed by atoms with Crippen LogP contribution >= 0.6 is 22.6 Å². The Morgan fingerprint density at radius 1 is 1.31 bits per heavy atom. The maximum atomic E-state index is 12.9. The number of anilines is 1. The summed E-state index contributed by atoms with van der Waals surface area (Å²) in [5, 5.41) is 6.89. The summed E-state index contributed by atoms with van der Waals surface area (Å²) in [4.78, 5) is 0. The van der Waals surface area contributed by atoms with Crippen LogP contribution in [-0.2, 0) is 0 Å². The molecule has 2 N–H and O–H groups in total. The molecular formula is C12H16FIN2. The van der Waals surface area contributed by atoms with Crippen LogP contribution in [0.1, 0.15) is 19.3 Å². The SMILES string of the molecule is Fc1ccc(NC2CCCNCC2)c(I)c1. The van der Waals surface area contributed by atoms with E-state index < -0.39 is 0 Å². The van der Waals surface area contributed by atoms with Gasteiger partial charge in [-0.15, -0.1) is 0 Å². The molecule has 88 valence electrons. The Bertz CT molecular complexity index is 349. The molecule has 1 saturated heterocycles. The number of benzene rings is 1. The van der Waals surface area contributed by atoms with E-state index in [2.05, 4.69) is 33.2 Å². The van der Waals surface area contributed by atoms with Crippen molar-refractivity contribution >= 4 is 28.3 Å². The molecule has 0 aliphatic carbocycles. The molecule has 4 heteroatoms. The van der Waals surface area contributed by atoms with Crippen LogP contribution < -0.4 is 10.6 Å². The van der Waals surface area contributed by atoms with E-state index in [-0.39, 0.29) is 5.82 Å². The van der Waals surface area contributed by atoms with Gasteiger partial charge in [-0.3, -0.25) is 0 Å². The monoisotopic (exact) mass is 334 g/mol. The van der Waals surface area contributed by atoms with Gasteiger partial charge in [0, 0.05) is 15.3 Å². The van der Waals surface area contributed by atoms with E-state index in [9.17, 15) is 4.39 Å². The third kappa shape index (κ3) is 3.31. The summed E-state index contributed by atoms with van der Waals surface area (Å²) in [7, 11) is 0. The Labute approximate surface area is 109 Å². The highest BCUT2D eigenvalue weighted by Crippen LogP contribution is 2.21. The predicted octanol–water partition coefficient (Wildman–Crippen LogP) is 2.98. The summed E-state index contributed by atoms with van der Waals surface area (Å²) in [5.41, 5.74) is 1.05. The van der Waals surface area contributed by atoms with Crippen molar-refractivity contribution in [1.82, 2.24) is 5.32 Å². The van der Waals surface area contributed by atoms with Crippen molar-refractivity contribution in [2.45, 2.75) is 25.3 Å². The van der Waals surface area contributed by atoms with E-state index in [4.69, 9.17) is 0 Å². The zero-order valence-corrected chi connectivity index (χ0v) is 11.3. The molecule has 1 unspecified atom stereocenters. The lowest BCUT2D eigenvalue weighted by Crippen LogP contribution is -2.21. The van der Waals surface area contributed by atoms with E-state index in [1.165, 1.54) is 18.9 Å². The molecule has 0 spiro atoms. The lowest BCUT2D eigenvalue weighted by atomic mass is 10.1. The highest BCUT2D eigenvalue weighted by Gasteiger charge is 2.12. The summed E-state index contributed by atoms with van der Waals surface area (Å²) in [5.74, 6) is -0.169. The maximum absolute atomic E-state index is 12.9. The molecule has 2 nitrogen and oxygen atoms in total. The molecule has 1 heterocycles. The second-order valence-electron chi connectivity index (χ2n) is 4.15. The van der Waals surface area contributed by atoms with E-state index in [0.717, 1.165) is 28.8 Å². The number of nitrogens with one attached hydrogen (secondary N) is 2. The highest BCUT2D eigenvalue weighted by molar-refractivity contribution is 14.1. The first-order chi connectivity index (χ1) is 7.75. The average Bonchev–Trinajstić information content (AvgIpc) is 2.51. The van der Waals surface area contributed by atoms with Crippen LogP contribution in [0.4, 0.5) is 10.1 Å². The van der Waals surface area contributed by atoms with Crippen LogP contribution in [0.25, 0.3) is 0 Å². The second-order valence-corrected chi connectivity index (χ2v) is 5.31. The van der Waals surface area contributed by atoms with Gasteiger partial charge in [0.25, 0.3) is 0 Å². The Hall–Kier alpha value is -0.360. The van der Waals surface area contributed by atoms with Crippen LogP contribution in [0.15, 0.2) is 18.2 Å². The van der Waals surface area contributed by atoms with Crippen LogP contribution in [-0.4, -0.2) is 19.1 Å². The molecule has 0 bridgehead atoms. The van der Waals surface area contributed by atoms with Gasteiger partial charge in [-0.2, -0.15) is 0 Å². The van der Waals surface area contributed by atoms with Gasteiger partial charge < -0.3 is 10.6 Å². The first kappa shape index (κ1) is 12.1. The van der Waals surface area contributed by atoms with E-state index >= 15 is 0 Å². The number of hydrogen-bond acceptors (Lipinski definition) is 2.